The number of benzene rings is 2. The largest absolute Gasteiger partial charge is 0.351 e. The fraction of sp³-hybridized carbons (Fsp3) is 0.227. The molecular weight excluding hydrogens is 418 g/mol. The number of amides is 4. The lowest BCUT2D eigenvalue weighted by Crippen LogP contribution is -2.47. The summed E-state index contributed by atoms with van der Waals surface area (Å²) >= 11 is 6.00. The van der Waals surface area contributed by atoms with Crippen molar-refractivity contribution in [1.29, 1.82) is 0 Å². The highest BCUT2D eigenvalue weighted by Gasteiger charge is 2.56. The molecule has 1 saturated heterocycles. The summed E-state index contributed by atoms with van der Waals surface area (Å²) in [5.74, 6) is 0.0806. The van der Waals surface area contributed by atoms with Gasteiger partial charge in [-0.2, -0.15) is 0 Å². The molecule has 2 heterocycles. The number of anilines is 2. The van der Waals surface area contributed by atoms with Crippen LogP contribution in [0.15, 0.2) is 54.7 Å². The van der Waals surface area contributed by atoms with E-state index in [2.05, 4.69) is 10.6 Å². The first kappa shape index (κ1) is 19.4. The molecule has 5 rings (SSSR count). The molecule has 2 aliphatic rings. The minimum absolute atomic E-state index is 0.0413. The molecule has 2 aromatic carbocycles. The van der Waals surface area contributed by atoms with Crippen molar-refractivity contribution in [3.63, 3.8) is 0 Å². The third kappa shape index (κ3) is 3.48. The van der Waals surface area contributed by atoms with E-state index in [0.29, 0.717) is 39.6 Å². The van der Waals surface area contributed by atoms with Crippen LogP contribution in [-0.4, -0.2) is 39.5 Å². The lowest BCUT2D eigenvalue weighted by Gasteiger charge is -2.27. The number of carbonyl (C=O) groups is 3. The minimum atomic E-state index is -0.640. The number of likely N-dealkylation sites (tertiary alicyclic amines) is 1. The number of nitrogens with zero attached hydrogens (tertiary/aromatic N) is 2. The van der Waals surface area contributed by atoms with Gasteiger partial charge < -0.3 is 21.3 Å². The van der Waals surface area contributed by atoms with Crippen LogP contribution in [-0.2, 0) is 4.79 Å². The zero-order valence-electron chi connectivity index (χ0n) is 16.4. The Morgan fingerprint density at radius 2 is 1.84 bits per heavy atom. The maximum atomic E-state index is 13.2. The molecule has 0 radical (unpaired) electrons. The number of aromatic nitrogens is 1. The zero-order valence-corrected chi connectivity index (χ0v) is 17.2. The van der Waals surface area contributed by atoms with Crippen LogP contribution in [0.2, 0.25) is 5.02 Å². The standard InChI is InChI=1S/C22H20ClN5O3/c23-13-4-3-5-14(10-13)25-20(29)19-9-12-8-18(12)28(19)22(31)26-16-11-27(21(24)30)17-7-2-1-6-15(16)17/h1-7,10-12,18-19H,8-9H2,(H2,24,30)(H,25,29)(H,26,31)/t12?,18?,19-/m0/s1. The second-order valence-electron chi connectivity index (χ2n) is 7.92. The number of primary amides is 1. The summed E-state index contributed by atoms with van der Waals surface area (Å²) in [4.78, 5) is 39.5. The number of halogens is 1. The van der Waals surface area contributed by atoms with Crippen LogP contribution in [0.4, 0.5) is 21.0 Å². The van der Waals surface area contributed by atoms with E-state index in [9.17, 15) is 14.4 Å². The third-order valence-corrected chi connectivity index (χ3v) is 6.16. The van der Waals surface area contributed by atoms with E-state index >= 15 is 0 Å². The summed E-state index contributed by atoms with van der Waals surface area (Å²) in [6.07, 6.45) is 3.01. The van der Waals surface area contributed by atoms with Gasteiger partial charge in [-0.25, -0.2) is 9.59 Å². The Morgan fingerprint density at radius 3 is 2.61 bits per heavy atom. The van der Waals surface area contributed by atoms with Crippen LogP contribution in [0, 0.1) is 5.92 Å². The Balaban J connectivity index is 1.38. The summed E-state index contributed by atoms with van der Waals surface area (Å²) in [6, 6.07) is 12.5. The SMILES string of the molecule is NC(=O)n1cc(NC(=O)N2C3CC3C[C@H]2C(=O)Nc2cccc(Cl)c2)c2ccccc21. The number of fused-ring (bicyclic) bond motifs is 2. The molecule has 0 bridgehead atoms. The van der Waals surface area contributed by atoms with Crippen molar-refractivity contribution in [3.8, 4) is 0 Å². The van der Waals surface area contributed by atoms with Crippen LogP contribution in [0.25, 0.3) is 10.9 Å². The second-order valence-corrected chi connectivity index (χ2v) is 8.36. The maximum absolute atomic E-state index is 13.2. The molecule has 31 heavy (non-hydrogen) atoms. The average molecular weight is 438 g/mol. The molecule has 2 unspecified atom stereocenters. The highest BCUT2D eigenvalue weighted by atomic mass is 35.5. The van der Waals surface area contributed by atoms with Crippen LogP contribution in [0.3, 0.4) is 0 Å². The van der Waals surface area contributed by atoms with Gasteiger partial charge in [0, 0.05) is 28.3 Å². The topological polar surface area (TPSA) is 109 Å². The van der Waals surface area contributed by atoms with Gasteiger partial charge in [-0.3, -0.25) is 9.36 Å². The van der Waals surface area contributed by atoms with Crippen molar-refractivity contribution in [2.75, 3.05) is 10.6 Å². The van der Waals surface area contributed by atoms with Gasteiger partial charge in [0.25, 0.3) is 0 Å². The Labute approximate surface area is 182 Å². The van der Waals surface area contributed by atoms with Gasteiger partial charge >= 0.3 is 12.1 Å². The van der Waals surface area contributed by atoms with Gasteiger partial charge in [0.2, 0.25) is 5.91 Å². The molecule has 4 N–H and O–H groups in total. The van der Waals surface area contributed by atoms with Crippen LogP contribution >= 0.6 is 11.6 Å². The summed E-state index contributed by atoms with van der Waals surface area (Å²) in [5, 5.41) is 6.94. The Morgan fingerprint density at radius 1 is 1.03 bits per heavy atom. The molecule has 158 valence electrons. The van der Waals surface area contributed by atoms with Crippen molar-refractivity contribution >= 4 is 51.8 Å². The smallest absolute Gasteiger partial charge is 0.323 e. The first-order valence-electron chi connectivity index (χ1n) is 9.98. The fourth-order valence-corrected chi connectivity index (χ4v) is 4.61. The van der Waals surface area contributed by atoms with Gasteiger partial charge in [-0.15, -0.1) is 0 Å². The summed E-state index contributed by atoms with van der Waals surface area (Å²) in [6.45, 7) is 0. The average Bonchev–Trinajstić information content (AvgIpc) is 3.24. The zero-order chi connectivity index (χ0) is 21.7. The van der Waals surface area contributed by atoms with Crippen molar-refractivity contribution in [2.45, 2.75) is 24.9 Å². The summed E-state index contributed by atoms with van der Waals surface area (Å²) in [7, 11) is 0. The normalized spacial score (nSPS) is 21.6. The fourth-order valence-electron chi connectivity index (χ4n) is 4.42. The van der Waals surface area contributed by atoms with Gasteiger partial charge in [0.1, 0.15) is 6.04 Å². The molecule has 3 atom stereocenters. The van der Waals surface area contributed by atoms with Crippen molar-refractivity contribution in [3.05, 3.63) is 59.8 Å². The number of hydrogen-bond donors (Lipinski definition) is 3. The Bertz CT molecular complexity index is 1220. The van der Waals surface area contributed by atoms with Gasteiger partial charge in [0.05, 0.1) is 11.2 Å². The van der Waals surface area contributed by atoms with E-state index in [0.717, 1.165) is 6.42 Å². The van der Waals surface area contributed by atoms with Crippen LogP contribution in [0.5, 0.6) is 0 Å². The predicted molar refractivity (Wildman–Crippen MR) is 118 cm³/mol. The molecule has 4 amide bonds. The van der Waals surface area contributed by atoms with Gasteiger partial charge in [-0.05, 0) is 43.0 Å². The van der Waals surface area contributed by atoms with E-state index in [1.54, 1.807) is 47.4 Å². The highest BCUT2D eigenvalue weighted by Crippen LogP contribution is 2.48. The number of nitrogens with two attached hydrogens (primary N) is 1. The molecule has 1 aliphatic heterocycles. The van der Waals surface area contributed by atoms with E-state index < -0.39 is 12.1 Å². The van der Waals surface area contributed by atoms with E-state index in [-0.39, 0.29) is 18.0 Å². The highest BCUT2D eigenvalue weighted by molar-refractivity contribution is 6.30. The van der Waals surface area contributed by atoms with Crippen LogP contribution in [0.1, 0.15) is 12.8 Å². The Kier molecular flexibility index (Phi) is 4.59. The maximum Gasteiger partial charge on any atom is 0.323 e. The van der Waals surface area contributed by atoms with Crippen molar-refractivity contribution in [1.82, 2.24) is 9.47 Å². The van der Waals surface area contributed by atoms with Gasteiger partial charge in [-0.1, -0.05) is 35.9 Å². The first-order chi connectivity index (χ1) is 14.9. The number of piperidine rings is 1. The third-order valence-electron chi connectivity index (χ3n) is 5.92. The number of carbonyl (C=O) groups excluding carboxylic acids is 3. The molecule has 9 heteroatoms. The van der Waals surface area contributed by atoms with E-state index in [4.69, 9.17) is 17.3 Å². The quantitative estimate of drug-likeness (QED) is 0.578. The molecule has 1 aromatic heterocycles. The number of para-hydroxylation sites is 1. The number of hydrogen-bond acceptors (Lipinski definition) is 3. The predicted octanol–water partition coefficient (Wildman–Crippen LogP) is 3.85. The number of nitrogens with one attached hydrogen (secondary N) is 2. The molecular formula is C22H20ClN5O3. The lowest BCUT2D eigenvalue weighted by atomic mass is 10.1. The monoisotopic (exact) mass is 437 g/mol. The first-order valence-corrected chi connectivity index (χ1v) is 10.4. The number of urea groups is 1. The summed E-state index contributed by atoms with van der Waals surface area (Å²) < 4.78 is 1.29. The second kappa shape index (κ2) is 7.31. The molecule has 3 aromatic rings. The molecule has 1 aliphatic carbocycles. The molecule has 0 spiro atoms. The number of rotatable bonds is 3. The lowest BCUT2D eigenvalue weighted by molar-refractivity contribution is -0.120. The van der Waals surface area contributed by atoms with Crippen molar-refractivity contribution in [2.24, 2.45) is 11.7 Å². The Hall–Kier alpha value is -3.52. The van der Waals surface area contributed by atoms with Gasteiger partial charge in [0.15, 0.2) is 0 Å². The molecule has 8 nitrogen and oxygen atoms in total. The minimum Gasteiger partial charge on any atom is -0.351 e. The summed E-state index contributed by atoms with van der Waals surface area (Å²) in [5.41, 5.74) is 7.12. The van der Waals surface area contributed by atoms with Crippen LogP contribution < -0.4 is 16.4 Å². The molecule has 2 fully saturated rings. The van der Waals surface area contributed by atoms with E-state index in [1.807, 2.05) is 6.07 Å². The van der Waals surface area contributed by atoms with E-state index in [1.165, 1.54) is 10.8 Å². The van der Waals surface area contributed by atoms with Crippen molar-refractivity contribution < 1.29 is 14.4 Å². The molecule has 1 saturated carbocycles.